The van der Waals surface area contributed by atoms with E-state index in [0.29, 0.717) is 18.2 Å². The van der Waals surface area contributed by atoms with Crippen molar-refractivity contribution in [1.29, 1.82) is 0 Å². The highest BCUT2D eigenvalue weighted by Gasteiger charge is 2.24. The molecule has 6 nitrogen and oxygen atoms in total. The van der Waals surface area contributed by atoms with E-state index in [0.717, 1.165) is 71.2 Å². The first-order valence-corrected chi connectivity index (χ1v) is 10.6. The van der Waals surface area contributed by atoms with E-state index in [1.54, 1.807) is 0 Å². The summed E-state index contributed by atoms with van der Waals surface area (Å²) in [7, 11) is 1.88. The van der Waals surface area contributed by atoms with Crippen LogP contribution < -0.4 is 5.32 Å². The second kappa shape index (κ2) is 11.8. The Labute approximate surface area is 160 Å². The third-order valence-corrected chi connectivity index (χ3v) is 5.74. The lowest BCUT2D eigenvalue weighted by molar-refractivity contribution is -0.0721. The lowest BCUT2D eigenvalue weighted by Crippen LogP contribution is -2.50. The molecular weight excluding hydrogens is 328 g/mol. The number of guanidine groups is 1. The molecule has 0 aromatic heterocycles. The number of likely N-dealkylation sites (tertiary alicyclic amines) is 1. The van der Waals surface area contributed by atoms with Crippen LogP contribution in [0, 0.1) is 0 Å². The average molecular weight is 369 g/mol. The van der Waals surface area contributed by atoms with Crippen molar-refractivity contribution in [2.24, 2.45) is 4.99 Å². The van der Waals surface area contributed by atoms with Crippen LogP contribution in [0.15, 0.2) is 4.99 Å². The predicted molar refractivity (Wildman–Crippen MR) is 108 cm³/mol. The molecule has 2 saturated heterocycles. The standard InChI is InChI=1S/C20H40N4O2/c1-5-23(6-2)17(3)15-22-20(21-4)24-12-10-18(11-13-24)26-16-19-9-7-8-14-25-19/h17-19H,5-16H2,1-4H3,(H,21,22). The van der Waals surface area contributed by atoms with Gasteiger partial charge in [-0.05, 0) is 52.1 Å². The Morgan fingerprint density at radius 2 is 1.96 bits per heavy atom. The van der Waals surface area contributed by atoms with Gasteiger partial charge in [0.1, 0.15) is 0 Å². The summed E-state index contributed by atoms with van der Waals surface area (Å²) in [6.07, 6.45) is 6.45. The van der Waals surface area contributed by atoms with Crippen LogP contribution in [-0.2, 0) is 9.47 Å². The minimum atomic E-state index is 0.317. The summed E-state index contributed by atoms with van der Waals surface area (Å²) >= 11 is 0. The molecule has 2 aliphatic heterocycles. The van der Waals surface area contributed by atoms with Crippen LogP contribution in [-0.4, -0.2) is 87.0 Å². The van der Waals surface area contributed by atoms with Crippen molar-refractivity contribution in [1.82, 2.24) is 15.1 Å². The van der Waals surface area contributed by atoms with Crippen LogP contribution in [0.1, 0.15) is 52.9 Å². The summed E-state index contributed by atoms with van der Waals surface area (Å²) in [5.74, 6) is 1.03. The Morgan fingerprint density at radius 3 is 2.54 bits per heavy atom. The molecule has 1 N–H and O–H groups in total. The Bertz CT molecular complexity index is 401. The zero-order chi connectivity index (χ0) is 18.8. The van der Waals surface area contributed by atoms with E-state index >= 15 is 0 Å². The van der Waals surface area contributed by atoms with Crippen LogP contribution in [0.4, 0.5) is 0 Å². The van der Waals surface area contributed by atoms with Crippen molar-refractivity contribution in [3.8, 4) is 0 Å². The van der Waals surface area contributed by atoms with Crippen molar-refractivity contribution >= 4 is 5.96 Å². The van der Waals surface area contributed by atoms with Crippen molar-refractivity contribution in [3.05, 3.63) is 0 Å². The summed E-state index contributed by atoms with van der Waals surface area (Å²) in [5.41, 5.74) is 0. The van der Waals surface area contributed by atoms with Crippen LogP contribution in [0.5, 0.6) is 0 Å². The fourth-order valence-corrected chi connectivity index (χ4v) is 3.96. The lowest BCUT2D eigenvalue weighted by atomic mass is 10.1. The largest absolute Gasteiger partial charge is 0.376 e. The average Bonchev–Trinajstić information content (AvgIpc) is 2.69. The van der Waals surface area contributed by atoms with Crippen LogP contribution >= 0.6 is 0 Å². The number of ether oxygens (including phenoxy) is 2. The summed E-state index contributed by atoms with van der Waals surface area (Å²) < 4.78 is 11.9. The maximum atomic E-state index is 6.12. The maximum Gasteiger partial charge on any atom is 0.193 e. The number of nitrogens with zero attached hydrogens (tertiary/aromatic N) is 3. The smallest absolute Gasteiger partial charge is 0.193 e. The van der Waals surface area contributed by atoms with Crippen molar-refractivity contribution in [2.45, 2.75) is 71.1 Å². The van der Waals surface area contributed by atoms with Gasteiger partial charge in [0.2, 0.25) is 0 Å². The zero-order valence-electron chi connectivity index (χ0n) is 17.4. The Kier molecular flexibility index (Phi) is 9.72. The highest BCUT2D eigenvalue weighted by atomic mass is 16.5. The normalized spacial score (nSPS) is 24.1. The summed E-state index contributed by atoms with van der Waals surface area (Å²) in [6.45, 7) is 13.5. The van der Waals surface area contributed by atoms with E-state index in [9.17, 15) is 0 Å². The molecular formula is C20H40N4O2. The molecule has 0 aromatic carbocycles. The van der Waals surface area contributed by atoms with E-state index in [-0.39, 0.29) is 0 Å². The van der Waals surface area contributed by atoms with Gasteiger partial charge in [-0.25, -0.2) is 0 Å². The molecule has 2 fully saturated rings. The molecule has 0 amide bonds. The Balaban J connectivity index is 1.67. The molecule has 6 heteroatoms. The van der Waals surface area contributed by atoms with Gasteiger partial charge in [-0.15, -0.1) is 0 Å². The summed E-state index contributed by atoms with van der Waals surface area (Å²) in [4.78, 5) is 9.32. The van der Waals surface area contributed by atoms with Crippen molar-refractivity contribution in [3.63, 3.8) is 0 Å². The Hall–Kier alpha value is -0.850. The number of piperidine rings is 1. The van der Waals surface area contributed by atoms with E-state index in [1.807, 2.05) is 7.05 Å². The number of rotatable bonds is 8. The maximum absolute atomic E-state index is 6.12. The fourth-order valence-electron chi connectivity index (χ4n) is 3.96. The topological polar surface area (TPSA) is 49.3 Å². The quantitative estimate of drug-likeness (QED) is 0.526. The van der Waals surface area contributed by atoms with Crippen LogP contribution in [0.2, 0.25) is 0 Å². The first kappa shape index (κ1) is 21.5. The first-order chi connectivity index (χ1) is 12.7. The summed E-state index contributed by atoms with van der Waals surface area (Å²) in [5, 5.41) is 3.56. The van der Waals surface area contributed by atoms with Crippen LogP contribution in [0.25, 0.3) is 0 Å². The zero-order valence-corrected chi connectivity index (χ0v) is 17.4. The van der Waals surface area contributed by atoms with Gasteiger partial charge in [-0.3, -0.25) is 9.89 Å². The molecule has 2 unspecified atom stereocenters. The third kappa shape index (κ3) is 6.71. The number of aliphatic imine (C=N–C) groups is 1. The van der Waals surface area contributed by atoms with E-state index in [4.69, 9.17) is 9.47 Å². The molecule has 2 atom stereocenters. The van der Waals surface area contributed by atoms with Crippen LogP contribution in [0.3, 0.4) is 0 Å². The first-order valence-electron chi connectivity index (χ1n) is 10.6. The number of nitrogens with one attached hydrogen (secondary N) is 1. The fraction of sp³-hybridized carbons (Fsp3) is 0.950. The second-order valence-electron chi connectivity index (χ2n) is 7.51. The molecule has 0 spiro atoms. The van der Waals surface area contributed by atoms with E-state index < -0.39 is 0 Å². The van der Waals surface area contributed by atoms with Crippen molar-refractivity contribution < 1.29 is 9.47 Å². The molecule has 2 aliphatic rings. The molecule has 0 bridgehead atoms. The van der Waals surface area contributed by atoms with Gasteiger partial charge in [0.25, 0.3) is 0 Å². The van der Waals surface area contributed by atoms with Gasteiger partial charge < -0.3 is 19.7 Å². The van der Waals surface area contributed by atoms with Crippen molar-refractivity contribution in [2.75, 3.05) is 53.0 Å². The molecule has 2 rings (SSSR count). The van der Waals surface area contributed by atoms with Gasteiger partial charge >= 0.3 is 0 Å². The molecule has 0 radical (unpaired) electrons. The minimum absolute atomic E-state index is 0.317. The molecule has 152 valence electrons. The summed E-state index contributed by atoms with van der Waals surface area (Å²) in [6, 6.07) is 0.512. The van der Waals surface area contributed by atoms with Gasteiger partial charge in [0, 0.05) is 39.3 Å². The predicted octanol–water partition coefficient (Wildman–Crippen LogP) is 2.34. The second-order valence-corrected chi connectivity index (χ2v) is 7.51. The Morgan fingerprint density at radius 1 is 1.23 bits per heavy atom. The molecule has 0 aromatic rings. The SMILES string of the molecule is CCN(CC)C(C)CNC(=NC)N1CCC(OCC2CCCCO2)CC1. The van der Waals surface area contributed by atoms with Gasteiger partial charge in [0.15, 0.2) is 5.96 Å². The lowest BCUT2D eigenvalue weighted by Gasteiger charge is -2.36. The molecule has 0 aliphatic carbocycles. The van der Waals surface area contributed by atoms with E-state index in [1.165, 1.54) is 12.8 Å². The van der Waals surface area contributed by atoms with Gasteiger partial charge in [-0.2, -0.15) is 0 Å². The number of likely N-dealkylation sites (N-methyl/N-ethyl adjacent to an activating group) is 1. The number of hydrogen-bond acceptors (Lipinski definition) is 4. The minimum Gasteiger partial charge on any atom is -0.376 e. The van der Waals surface area contributed by atoms with Gasteiger partial charge in [0.05, 0.1) is 18.8 Å². The highest BCUT2D eigenvalue weighted by molar-refractivity contribution is 5.80. The highest BCUT2D eigenvalue weighted by Crippen LogP contribution is 2.18. The monoisotopic (exact) mass is 368 g/mol. The van der Waals surface area contributed by atoms with Gasteiger partial charge in [-0.1, -0.05) is 13.8 Å². The molecule has 0 saturated carbocycles. The number of hydrogen-bond donors (Lipinski definition) is 1. The molecule has 2 heterocycles. The third-order valence-electron chi connectivity index (χ3n) is 5.74. The molecule has 26 heavy (non-hydrogen) atoms. The van der Waals surface area contributed by atoms with E-state index in [2.05, 4.69) is 40.9 Å².